The van der Waals surface area contributed by atoms with E-state index in [0.29, 0.717) is 34.1 Å². The van der Waals surface area contributed by atoms with Crippen molar-refractivity contribution >= 4 is 23.4 Å². The maximum absolute atomic E-state index is 11.6. The number of aromatic nitrogens is 3. The van der Waals surface area contributed by atoms with Crippen molar-refractivity contribution in [3.05, 3.63) is 105 Å². The molecule has 0 N–H and O–H groups in total. The molecule has 0 saturated heterocycles. The molecule has 0 aliphatic heterocycles. The minimum Gasteiger partial charge on any atom is -0.490 e. The molecule has 1 atom stereocenters. The lowest BCUT2D eigenvalue weighted by molar-refractivity contribution is -0.479. The lowest BCUT2D eigenvalue weighted by atomic mass is 10.1. The topological polar surface area (TPSA) is 92.3 Å². The summed E-state index contributed by atoms with van der Waals surface area (Å²) in [5.41, 5.74) is 2.47. The maximum atomic E-state index is 11.6. The summed E-state index contributed by atoms with van der Waals surface area (Å²) in [7, 11) is 0. The van der Waals surface area contributed by atoms with Gasteiger partial charge < -0.3 is 9.47 Å². The van der Waals surface area contributed by atoms with Crippen LogP contribution in [0, 0.1) is 17.0 Å². The maximum Gasteiger partial charge on any atom is 0.220 e. The van der Waals surface area contributed by atoms with Crippen molar-refractivity contribution in [1.82, 2.24) is 14.8 Å². The number of hydrogen-bond acceptors (Lipinski definition) is 7. The minimum absolute atomic E-state index is 0.269. The van der Waals surface area contributed by atoms with Crippen molar-refractivity contribution in [3.8, 4) is 17.2 Å². The summed E-state index contributed by atoms with van der Waals surface area (Å²) in [4.78, 5) is 11.3. The number of ether oxygens (including phenoxy) is 2. The molecule has 10 heteroatoms. The molecule has 4 aromatic rings. The summed E-state index contributed by atoms with van der Waals surface area (Å²) in [6.07, 6.45) is 0. The Balaban J connectivity index is 1.62. The van der Waals surface area contributed by atoms with Crippen molar-refractivity contribution in [2.24, 2.45) is 0 Å². The van der Waals surface area contributed by atoms with Crippen LogP contribution in [0.3, 0.4) is 0 Å². The number of hydrogen-bond donors (Lipinski definition) is 0. The molecule has 0 radical (unpaired) electrons. The molecule has 0 spiro atoms. The number of nitrogens with zero attached hydrogens (tertiary/aromatic N) is 4. The second kappa shape index (κ2) is 11.9. The first-order valence-corrected chi connectivity index (χ1v) is 12.6. The molecule has 1 heterocycles. The number of halogens is 1. The smallest absolute Gasteiger partial charge is 0.220 e. The standard InChI is InChI=1S/C26H25ClN4O4S/c1-3-34-24-15-19(13-14-23(24)35-17-20-9-7-8-12-22(20)27)25(16-30(32)33)36-26-29-28-18(2)31(26)21-10-5-4-6-11-21/h4-15,25H,3,16-17H2,1-2H3/t25-/m0/s1. The molecule has 0 amide bonds. The number of para-hydroxylation sites is 1. The van der Waals surface area contributed by atoms with Gasteiger partial charge in [-0.2, -0.15) is 0 Å². The summed E-state index contributed by atoms with van der Waals surface area (Å²) in [6.45, 7) is 4.12. The molecule has 8 nitrogen and oxygen atoms in total. The fourth-order valence-corrected chi connectivity index (χ4v) is 5.00. The molecule has 4 rings (SSSR count). The van der Waals surface area contributed by atoms with E-state index < -0.39 is 5.25 Å². The third-order valence-corrected chi connectivity index (χ3v) is 6.90. The van der Waals surface area contributed by atoms with Crippen molar-refractivity contribution in [1.29, 1.82) is 0 Å². The third kappa shape index (κ3) is 6.16. The average Bonchev–Trinajstić information content (AvgIpc) is 3.24. The van der Waals surface area contributed by atoms with Crippen LogP contribution >= 0.6 is 23.4 Å². The number of aryl methyl sites for hydroxylation is 1. The van der Waals surface area contributed by atoms with Gasteiger partial charge in [-0.3, -0.25) is 14.7 Å². The average molecular weight is 525 g/mol. The lowest BCUT2D eigenvalue weighted by Crippen LogP contribution is -2.11. The van der Waals surface area contributed by atoms with E-state index in [2.05, 4.69) is 10.2 Å². The Hall–Kier alpha value is -3.56. The van der Waals surface area contributed by atoms with Gasteiger partial charge in [-0.15, -0.1) is 10.2 Å². The van der Waals surface area contributed by atoms with Gasteiger partial charge in [0.2, 0.25) is 6.54 Å². The Morgan fingerprint density at radius 3 is 2.50 bits per heavy atom. The molecule has 36 heavy (non-hydrogen) atoms. The summed E-state index contributed by atoms with van der Waals surface area (Å²) >= 11 is 7.54. The highest BCUT2D eigenvalue weighted by molar-refractivity contribution is 7.99. The number of rotatable bonds is 11. The molecule has 0 aliphatic carbocycles. The van der Waals surface area contributed by atoms with Gasteiger partial charge in [-0.1, -0.05) is 65.8 Å². The van der Waals surface area contributed by atoms with Crippen molar-refractivity contribution < 1.29 is 14.4 Å². The highest BCUT2D eigenvalue weighted by Crippen LogP contribution is 2.39. The molecular formula is C26H25ClN4O4S. The van der Waals surface area contributed by atoms with Gasteiger partial charge in [0.05, 0.1) is 6.61 Å². The fraction of sp³-hybridized carbons (Fsp3) is 0.231. The van der Waals surface area contributed by atoms with Crippen LogP contribution in [0.15, 0.2) is 78.0 Å². The monoisotopic (exact) mass is 524 g/mol. The number of thioether (sulfide) groups is 1. The summed E-state index contributed by atoms with van der Waals surface area (Å²) in [5, 5.41) is 20.8. The second-order valence-corrected chi connectivity index (χ2v) is 9.42. The van der Waals surface area contributed by atoms with Crippen LogP contribution in [-0.4, -0.2) is 32.8 Å². The zero-order chi connectivity index (χ0) is 25.5. The normalized spacial score (nSPS) is 11.8. The highest BCUT2D eigenvalue weighted by Gasteiger charge is 2.25. The SMILES string of the molecule is CCOc1cc([C@H](C[N+](=O)[O-])Sc2nnc(C)n2-c2ccccc2)ccc1OCc1ccccc1Cl. The first-order valence-electron chi connectivity index (χ1n) is 11.3. The summed E-state index contributed by atoms with van der Waals surface area (Å²) in [6, 6.07) is 22.5. The van der Waals surface area contributed by atoms with E-state index in [9.17, 15) is 10.1 Å². The van der Waals surface area contributed by atoms with E-state index in [4.69, 9.17) is 21.1 Å². The van der Waals surface area contributed by atoms with E-state index in [1.807, 2.05) is 79.1 Å². The van der Waals surface area contributed by atoms with E-state index in [-0.39, 0.29) is 18.1 Å². The van der Waals surface area contributed by atoms with Crippen molar-refractivity contribution in [2.75, 3.05) is 13.2 Å². The molecule has 186 valence electrons. The van der Waals surface area contributed by atoms with Crippen LogP contribution in [0.4, 0.5) is 0 Å². The van der Waals surface area contributed by atoms with Gasteiger partial charge in [0.25, 0.3) is 0 Å². The predicted octanol–water partition coefficient (Wildman–Crippen LogP) is 6.32. The Morgan fingerprint density at radius 1 is 1.03 bits per heavy atom. The van der Waals surface area contributed by atoms with Gasteiger partial charge in [0.15, 0.2) is 16.7 Å². The van der Waals surface area contributed by atoms with Gasteiger partial charge in [0.1, 0.15) is 17.7 Å². The van der Waals surface area contributed by atoms with Crippen molar-refractivity contribution in [3.63, 3.8) is 0 Å². The van der Waals surface area contributed by atoms with Crippen LogP contribution in [-0.2, 0) is 6.61 Å². The zero-order valence-corrected chi connectivity index (χ0v) is 21.4. The van der Waals surface area contributed by atoms with Gasteiger partial charge in [-0.25, -0.2) is 0 Å². The van der Waals surface area contributed by atoms with Crippen LogP contribution in [0.25, 0.3) is 5.69 Å². The molecule has 1 aromatic heterocycles. The zero-order valence-electron chi connectivity index (χ0n) is 19.8. The molecule has 0 saturated carbocycles. The fourth-order valence-electron chi connectivity index (χ4n) is 3.65. The Bertz CT molecular complexity index is 1330. The number of nitro groups is 1. The van der Waals surface area contributed by atoms with E-state index >= 15 is 0 Å². The van der Waals surface area contributed by atoms with Crippen LogP contribution < -0.4 is 9.47 Å². The largest absolute Gasteiger partial charge is 0.490 e. The van der Waals surface area contributed by atoms with Gasteiger partial charge in [-0.05, 0) is 49.7 Å². The van der Waals surface area contributed by atoms with E-state index in [1.165, 1.54) is 11.8 Å². The molecule has 0 bridgehead atoms. The molecule has 0 fully saturated rings. The number of benzene rings is 3. The molecule has 0 unspecified atom stereocenters. The first kappa shape index (κ1) is 25.5. The molecular weight excluding hydrogens is 500 g/mol. The van der Waals surface area contributed by atoms with E-state index in [0.717, 1.165) is 16.8 Å². The summed E-state index contributed by atoms with van der Waals surface area (Å²) < 4.78 is 13.7. The van der Waals surface area contributed by atoms with Gasteiger partial charge >= 0.3 is 0 Å². The Morgan fingerprint density at radius 2 is 1.78 bits per heavy atom. The summed E-state index contributed by atoms with van der Waals surface area (Å²) in [5.74, 6) is 1.74. The molecule has 0 aliphatic rings. The van der Waals surface area contributed by atoms with Crippen LogP contribution in [0.5, 0.6) is 11.5 Å². The van der Waals surface area contributed by atoms with Crippen LogP contribution in [0.2, 0.25) is 5.02 Å². The van der Waals surface area contributed by atoms with E-state index in [1.54, 1.807) is 12.1 Å². The Kier molecular flexibility index (Phi) is 8.45. The Labute approximate surface area is 218 Å². The highest BCUT2D eigenvalue weighted by atomic mass is 35.5. The minimum atomic E-state index is -0.525. The third-order valence-electron chi connectivity index (χ3n) is 5.35. The quantitative estimate of drug-likeness (QED) is 0.129. The van der Waals surface area contributed by atoms with Gasteiger partial charge in [0, 0.05) is 21.2 Å². The second-order valence-electron chi connectivity index (χ2n) is 7.84. The molecule has 3 aromatic carbocycles. The lowest BCUT2D eigenvalue weighted by Gasteiger charge is -2.17. The first-order chi connectivity index (χ1) is 17.5. The van der Waals surface area contributed by atoms with Crippen LogP contribution in [0.1, 0.15) is 29.1 Å². The van der Waals surface area contributed by atoms with Crippen molar-refractivity contribution in [2.45, 2.75) is 30.9 Å². The predicted molar refractivity (Wildman–Crippen MR) is 140 cm³/mol.